The zero-order valence-corrected chi connectivity index (χ0v) is 13.3. The van der Waals surface area contributed by atoms with Gasteiger partial charge in [-0.3, -0.25) is 4.90 Å². The summed E-state index contributed by atoms with van der Waals surface area (Å²) in [5.74, 6) is 0.969. The van der Waals surface area contributed by atoms with Crippen LogP contribution in [0.1, 0.15) is 11.3 Å². The van der Waals surface area contributed by atoms with Crippen LogP contribution < -0.4 is 10.6 Å². The van der Waals surface area contributed by atoms with E-state index in [4.69, 9.17) is 5.73 Å². The van der Waals surface area contributed by atoms with Crippen molar-refractivity contribution in [2.24, 2.45) is 0 Å². The fourth-order valence-electron chi connectivity index (χ4n) is 2.44. The Hall–Kier alpha value is -1.44. The standard InChI is InChI=1S/C13H18N6S.ClH/c14-13-15-9-11(20-13)10-18-5-2-6-19(8-7-18)12-3-1-4-16-17-12;/h1,3-4,9H,2,5-8,10H2,(H2,14,15);1H. The number of aromatic nitrogens is 3. The quantitative estimate of drug-likeness (QED) is 0.924. The van der Waals surface area contributed by atoms with Crippen molar-refractivity contribution in [3.05, 3.63) is 29.4 Å². The van der Waals surface area contributed by atoms with Crippen molar-refractivity contribution >= 4 is 34.7 Å². The number of thiazole rings is 1. The van der Waals surface area contributed by atoms with Crippen LogP contribution in [0.4, 0.5) is 10.9 Å². The fourth-order valence-corrected chi connectivity index (χ4v) is 3.16. The third-order valence-electron chi connectivity index (χ3n) is 3.42. The molecule has 3 rings (SSSR count). The lowest BCUT2D eigenvalue weighted by Gasteiger charge is -2.21. The Morgan fingerprint density at radius 2 is 2.14 bits per heavy atom. The van der Waals surface area contributed by atoms with E-state index in [-0.39, 0.29) is 12.4 Å². The third-order valence-corrected chi connectivity index (χ3v) is 4.23. The summed E-state index contributed by atoms with van der Waals surface area (Å²) in [7, 11) is 0. The van der Waals surface area contributed by atoms with Gasteiger partial charge in [0.2, 0.25) is 0 Å². The minimum atomic E-state index is 0. The first-order chi connectivity index (χ1) is 9.81. The first-order valence-corrected chi connectivity index (χ1v) is 7.58. The predicted octanol–water partition coefficient (Wildman–Crippen LogP) is 1.65. The fraction of sp³-hybridized carbons (Fsp3) is 0.462. The number of nitrogens with two attached hydrogens (primary N) is 1. The van der Waals surface area contributed by atoms with Gasteiger partial charge in [0, 0.05) is 50.0 Å². The van der Waals surface area contributed by atoms with Gasteiger partial charge in [-0.25, -0.2) is 4.98 Å². The van der Waals surface area contributed by atoms with Crippen LogP contribution in [0.3, 0.4) is 0 Å². The lowest BCUT2D eigenvalue weighted by atomic mass is 10.3. The predicted molar refractivity (Wildman–Crippen MR) is 87.9 cm³/mol. The van der Waals surface area contributed by atoms with Crippen LogP contribution in [0.2, 0.25) is 0 Å². The Bertz CT molecular complexity index is 549. The molecule has 21 heavy (non-hydrogen) atoms. The summed E-state index contributed by atoms with van der Waals surface area (Å²) in [6, 6.07) is 3.96. The third kappa shape index (κ3) is 4.26. The second kappa shape index (κ2) is 7.53. The van der Waals surface area contributed by atoms with E-state index in [1.807, 2.05) is 18.3 Å². The van der Waals surface area contributed by atoms with Crippen LogP contribution >= 0.6 is 23.7 Å². The normalized spacial score (nSPS) is 16.3. The molecule has 0 saturated carbocycles. The Morgan fingerprint density at radius 3 is 2.86 bits per heavy atom. The van der Waals surface area contributed by atoms with Gasteiger partial charge in [-0.2, -0.15) is 5.10 Å². The molecule has 1 fully saturated rings. The van der Waals surface area contributed by atoms with Gasteiger partial charge in [-0.1, -0.05) is 0 Å². The van der Waals surface area contributed by atoms with Crippen molar-refractivity contribution < 1.29 is 0 Å². The Balaban J connectivity index is 0.00000161. The molecule has 1 saturated heterocycles. The van der Waals surface area contributed by atoms with Crippen molar-refractivity contribution in [1.29, 1.82) is 0 Å². The highest BCUT2D eigenvalue weighted by Gasteiger charge is 2.16. The largest absolute Gasteiger partial charge is 0.375 e. The number of halogens is 1. The Kier molecular flexibility index (Phi) is 5.72. The van der Waals surface area contributed by atoms with Crippen LogP contribution in [0.5, 0.6) is 0 Å². The molecule has 2 aromatic rings. The maximum atomic E-state index is 5.68. The Morgan fingerprint density at radius 1 is 1.24 bits per heavy atom. The molecular weight excluding hydrogens is 308 g/mol. The van der Waals surface area contributed by atoms with E-state index in [9.17, 15) is 0 Å². The van der Waals surface area contributed by atoms with Crippen LogP contribution in [-0.2, 0) is 6.54 Å². The summed E-state index contributed by atoms with van der Waals surface area (Å²) in [6.07, 6.45) is 4.72. The number of nitrogen functional groups attached to an aromatic ring is 1. The lowest BCUT2D eigenvalue weighted by Crippen LogP contribution is -2.30. The second-order valence-corrected chi connectivity index (χ2v) is 6.01. The molecule has 0 atom stereocenters. The van der Waals surface area contributed by atoms with Gasteiger partial charge in [0.15, 0.2) is 10.9 Å². The van der Waals surface area contributed by atoms with E-state index in [1.165, 1.54) is 4.88 Å². The molecule has 0 aliphatic carbocycles. The molecule has 8 heteroatoms. The van der Waals surface area contributed by atoms with Crippen LogP contribution in [0, 0.1) is 0 Å². The van der Waals surface area contributed by atoms with Crippen molar-refractivity contribution in [3.8, 4) is 0 Å². The molecule has 0 bridgehead atoms. The first-order valence-electron chi connectivity index (χ1n) is 6.76. The molecule has 0 unspecified atom stereocenters. The number of anilines is 2. The SMILES string of the molecule is Cl.Nc1ncc(CN2CCCN(c3cccnn3)CC2)s1. The molecule has 0 spiro atoms. The molecule has 0 amide bonds. The molecule has 2 N–H and O–H groups in total. The van der Waals surface area contributed by atoms with Gasteiger partial charge in [0.05, 0.1) is 0 Å². The summed E-state index contributed by atoms with van der Waals surface area (Å²) in [5, 5.41) is 8.79. The highest BCUT2D eigenvalue weighted by atomic mass is 35.5. The first kappa shape index (κ1) is 15.9. The molecule has 1 aliphatic heterocycles. The molecule has 2 aromatic heterocycles. The summed E-state index contributed by atoms with van der Waals surface area (Å²) in [4.78, 5) is 10.1. The summed E-state index contributed by atoms with van der Waals surface area (Å²) in [5.41, 5.74) is 5.68. The van der Waals surface area contributed by atoms with Crippen molar-refractivity contribution in [3.63, 3.8) is 0 Å². The highest BCUT2D eigenvalue weighted by molar-refractivity contribution is 7.15. The lowest BCUT2D eigenvalue weighted by molar-refractivity contribution is 0.288. The number of hydrogen-bond acceptors (Lipinski definition) is 7. The zero-order valence-electron chi connectivity index (χ0n) is 11.7. The monoisotopic (exact) mass is 326 g/mol. The maximum Gasteiger partial charge on any atom is 0.180 e. The summed E-state index contributed by atoms with van der Waals surface area (Å²) in [6.45, 7) is 5.05. The van der Waals surface area contributed by atoms with Gasteiger partial charge in [0.1, 0.15) is 0 Å². The number of nitrogens with zero attached hydrogens (tertiary/aromatic N) is 5. The van der Waals surface area contributed by atoms with Crippen LogP contribution in [0.25, 0.3) is 0 Å². The molecule has 0 aromatic carbocycles. The van der Waals surface area contributed by atoms with Crippen LogP contribution in [-0.4, -0.2) is 46.3 Å². The molecular formula is C13H19ClN6S. The van der Waals surface area contributed by atoms with Gasteiger partial charge in [0.25, 0.3) is 0 Å². The van der Waals surface area contributed by atoms with E-state index in [0.29, 0.717) is 5.13 Å². The molecule has 1 aliphatic rings. The second-order valence-electron chi connectivity index (χ2n) is 4.86. The van der Waals surface area contributed by atoms with Gasteiger partial charge >= 0.3 is 0 Å². The van der Waals surface area contributed by atoms with Crippen molar-refractivity contribution in [2.75, 3.05) is 36.8 Å². The minimum Gasteiger partial charge on any atom is -0.375 e. The average molecular weight is 327 g/mol. The topological polar surface area (TPSA) is 71.2 Å². The van der Waals surface area contributed by atoms with Crippen molar-refractivity contribution in [1.82, 2.24) is 20.1 Å². The smallest absolute Gasteiger partial charge is 0.180 e. The van der Waals surface area contributed by atoms with Gasteiger partial charge < -0.3 is 10.6 Å². The maximum absolute atomic E-state index is 5.68. The van der Waals surface area contributed by atoms with E-state index in [2.05, 4.69) is 25.0 Å². The molecule has 114 valence electrons. The molecule has 3 heterocycles. The van der Waals surface area contributed by atoms with E-state index >= 15 is 0 Å². The number of rotatable bonds is 3. The zero-order chi connectivity index (χ0) is 13.8. The molecule has 0 radical (unpaired) electrons. The van der Waals surface area contributed by atoms with Crippen LogP contribution in [0.15, 0.2) is 24.5 Å². The number of hydrogen-bond donors (Lipinski definition) is 1. The van der Waals surface area contributed by atoms with Gasteiger partial charge in [-0.15, -0.1) is 28.8 Å². The van der Waals surface area contributed by atoms with Gasteiger partial charge in [-0.05, 0) is 18.6 Å². The van der Waals surface area contributed by atoms with E-state index < -0.39 is 0 Å². The highest BCUT2D eigenvalue weighted by Crippen LogP contribution is 2.18. The van der Waals surface area contributed by atoms with E-state index in [1.54, 1.807) is 17.5 Å². The van der Waals surface area contributed by atoms with E-state index in [0.717, 1.165) is 45.0 Å². The Labute approximate surface area is 134 Å². The summed E-state index contributed by atoms with van der Waals surface area (Å²) >= 11 is 1.57. The molecule has 6 nitrogen and oxygen atoms in total. The van der Waals surface area contributed by atoms with Crippen molar-refractivity contribution in [2.45, 2.75) is 13.0 Å². The average Bonchev–Trinajstić information content (AvgIpc) is 2.74. The minimum absolute atomic E-state index is 0. The summed E-state index contributed by atoms with van der Waals surface area (Å²) < 4.78 is 0.